The molecule has 148 valence electrons. The van der Waals surface area contributed by atoms with Crippen LogP contribution in [0.25, 0.3) is 0 Å². The Morgan fingerprint density at radius 3 is 2.65 bits per heavy atom. The van der Waals surface area contributed by atoms with Crippen molar-refractivity contribution < 1.29 is 14.6 Å². The van der Waals surface area contributed by atoms with Crippen LogP contribution in [0.5, 0.6) is 5.75 Å². The maximum atomic E-state index is 10.4. The van der Waals surface area contributed by atoms with Crippen molar-refractivity contribution in [2.45, 2.75) is 38.3 Å². The smallest absolute Gasteiger partial charge is 0.124 e. The minimum Gasteiger partial charge on any atom is -0.491 e. The van der Waals surface area contributed by atoms with Crippen molar-refractivity contribution in [2.75, 3.05) is 53.6 Å². The summed E-state index contributed by atoms with van der Waals surface area (Å²) in [6.45, 7) is 5.37. The van der Waals surface area contributed by atoms with Gasteiger partial charge in [-0.25, -0.2) is 0 Å². The molecule has 0 unspecified atom stereocenters. The minimum absolute atomic E-state index is 0.299. The molecule has 0 saturated carbocycles. The molecule has 1 aliphatic heterocycles. The first kappa shape index (κ1) is 21.5. The molecule has 1 fully saturated rings. The topological polar surface area (TPSA) is 45.2 Å². The van der Waals surface area contributed by atoms with Gasteiger partial charge in [0.2, 0.25) is 0 Å². The van der Waals surface area contributed by atoms with Gasteiger partial charge >= 0.3 is 0 Å². The maximum Gasteiger partial charge on any atom is 0.124 e. The quantitative estimate of drug-likeness (QED) is 0.671. The van der Waals surface area contributed by atoms with E-state index in [1.165, 1.54) is 25.7 Å². The molecule has 0 spiro atoms. The second-order valence-corrected chi connectivity index (χ2v) is 7.60. The number of aliphatic hydroxyl groups excluding tert-OH is 1. The number of likely N-dealkylation sites (tertiary alicyclic amines) is 1. The highest BCUT2D eigenvalue weighted by Crippen LogP contribution is 2.24. The fourth-order valence-electron chi connectivity index (χ4n) is 3.28. The third kappa shape index (κ3) is 7.80. The Labute approximate surface area is 162 Å². The molecule has 0 aromatic heterocycles. The van der Waals surface area contributed by atoms with Crippen molar-refractivity contribution in [3.05, 3.63) is 28.8 Å². The molecule has 1 aliphatic rings. The lowest BCUT2D eigenvalue weighted by molar-refractivity contribution is 0.0686. The number of hydrogen-bond donors (Lipinski definition) is 1. The van der Waals surface area contributed by atoms with Gasteiger partial charge in [0.25, 0.3) is 0 Å². The summed E-state index contributed by atoms with van der Waals surface area (Å²) in [4.78, 5) is 4.51. The molecule has 1 aromatic carbocycles. The number of benzene rings is 1. The van der Waals surface area contributed by atoms with E-state index in [0.29, 0.717) is 24.8 Å². The van der Waals surface area contributed by atoms with Crippen LogP contribution in [-0.2, 0) is 11.3 Å². The first-order chi connectivity index (χ1) is 12.6. The summed E-state index contributed by atoms with van der Waals surface area (Å²) in [5.74, 6) is 0.786. The van der Waals surface area contributed by atoms with Crippen LogP contribution < -0.4 is 4.74 Å². The van der Waals surface area contributed by atoms with E-state index in [0.717, 1.165) is 37.5 Å². The number of likely N-dealkylation sites (N-methyl/N-ethyl adjacent to an activating group) is 1. The molecule has 1 aromatic rings. The summed E-state index contributed by atoms with van der Waals surface area (Å²) in [5, 5.41) is 11.1. The number of ether oxygens (including phenoxy) is 2. The summed E-state index contributed by atoms with van der Waals surface area (Å²) in [7, 11) is 3.74. The highest BCUT2D eigenvalue weighted by molar-refractivity contribution is 6.30. The van der Waals surface area contributed by atoms with Crippen molar-refractivity contribution in [3.8, 4) is 5.75 Å². The Morgan fingerprint density at radius 1 is 1.23 bits per heavy atom. The Hall–Kier alpha value is -0.850. The van der Waals surface area contributed by atoms with E-state index >= 15 is 0 Å². The molecule has 26 heavy (non-hydrogen) atoms. The Bertz CT molecular complexity index is 522. The van der Waals surface area contributed by atoms with Gasteiger partial charge in [0.15, 0.2) is 0 Å². The standard InChI is InChI=1S/C20H33ClN2O3/c1-22(11-12-25-2)14-17-13-18(21)7-8-20(17)26-16-19(24)15-23-9-5-3-4-6-10-23/h7-8,13,19,24H,3-6,9-12,14-16H2,1-2H3/t19-/m0/s1. The molecule has 1 N–H and O–H groups in total. The highest BCUT2D eigenvalue weighted by atomic mass is 35.5. The number of hydrogen-bond acceptors (Lipinski definition) is 5. The number of rotatable bonds is 10. The van der Waals surface area contributed by atoms with Crippen LogP contribution in [0.4, 0.5) is 0 Å². The molecule has 0 radical (unpaired) electrons. The zero-order chi connectivity index (χ0) is 18.8. The molecular formula is C20H33ClN2O3. The van der Waals surface area contributed by atoms with E-state index < -0.39 is 6.10 Å². The van der Waals surface area contributed by atoms with Crippen LogP contribution in [0.15, 0.2) is 18.2 Å². The van der Waals surface area contributed by atoms with E-state index in [-0.39, 0.29) is 0 Å². The Balaban J connectivity index is 1.87. The molecule has 6 heteroatoms. The lowest BCUT2D eigenvalue weighted by atomic mass is 10.2. The number of methoxy groups -OCH3 is 1. The normalized spacial score (nSPS) is 17.3. The van der Waals surface area contributed by atoms with Crippen LogP contribution in [-0.4, -0.2) is 74.6 Å². The van der Waals surface area contributed by atoms with Crippen LogP contribution in [0, 0.1) is 0 Å². The zero-order valence-electron chi connectivity index (χ0n) is 16.1. The van der Waals surface area contributed by atoms with E-state index in [2.05, 4.69) is 9.80 Å². The monoisotopic (exact) mass is 384 g/mol. The molecule has 1 atom stereocenters. The molecule has 0 aliphatic carbocycles. The molecule has 1 heterocycles. The lowest BCUT2D eigenvalue weighted by Crippen LogP contribution is -2.36. The Kier molecular flexibility index (Phi) is 9.72. The number of aliphatic hydroxyl groups is 1. The summed E-state index contributed by atoms with van der Waals surface area (Å²) in [6, 6.07) is 5.65. The van der Waals surface area contributed by atoms with Crippen LogP contribution >= 0.6 is 11.6 Å². The van der Waals surface area contributed by atoms with E-state index in [9.17, 15) is 5.11 Å². The number of halogens is 1. The fraction of sp³-hybridized carbons (Fsp3) is 0.700. The average Bonchev–Trinajstić information content (AvgIpc) is 2.88. The predicted molar refractivity (Wildman–Crippen MR) is 106 cm³/mol. The zero-order valence-corrected chi connectivity index (χ0v) is 16.9. The van der Waals surface area contributed by atoms with E-state index in [4.69, 9.17) is 21.1 Å². The van der Waals surface area contributed by atoms with Gasteiger partial charge in [0.1, 0.15) is 18.5 Å². The molecule has 0 bridgehead atoms. The maximum absolute atomic E-state index is 10.4. The van der Waals surface area contributed by atoms with Gasteiger partial charge in [0, 0.05) is 37.3 Å². The van der Waals surface area contributed by atoms with E-state index in [1.54, 1.807) is 7.11 Å². The average molecular weight is 385 g/mol. The summed E-state index contributed by atoms with van der Waals surface area (Å²) < 4.78 is 11.1. The van der Waals surface area contributed by atoms with Crippen molar-refractivity contribution in [1.82, 2.24) is 9.80 Å². The van der Waals surface area contributed by atoms with Crippen molar-refractivity contribution in [1.29, 1.82) is 0 Å². The van der Waals surface area contributed by atoms with Gasteiger partial charge in [-0.15, -0.1) is 0 Å². The minimum atomic E-state index is -0.483. The molecule has 5 nitrogen and oxygen atoms in total. The van der Waals surface area contributed by atoms with Gasteiger partial charge in [0.05, 0.1) is 6.61 Å². The molecule has 1 saturated heterocycles. The van der Waals surface area contributed by atoms with Gasteiger partial charge in [-0.2, -0.15) is 0 Å². The molecular weight excluding hydrogens is 352 g/mol. The second kappa shape index (κ2) is 11.8. The van der Waals surface area contributed by atoms with Crippen molar-refractivity contribution in [3.63, 3.8) is 0 Å². The van der Waals surface area contributed by atoms with Crippen LogP contribution in [0.3, 0.4) is 0 Å². The van der Waals surface area contributed by atoms with Gasteiger partial charge in [-0.05, 0) is 51.2 Å². The predicted octanol–water partition coefficient (Wildman–Crippen LogP) is 3.03. The number of β-amino-alcohol motifs (C(OH)–C–C–N with tert-alkyl or cyclic N) is 1. The van der Waals surface area contributed by atoms with E-state index in [1.807, 2.05) is 25.2 Å². The summed E-state index contributed by atoms with van der Waals surface area (Å²) in [5.41, 5.74) is 1.03. The summed E-state index contributed by atoms with van der Waals surface area (Å²) in [6.07, 6.45) is 4.57. The highest BCUT2D eigenvalue weighted by Gasteiger charge is 2.15. The van der Waals surface area contributed by atoms with Crippen LogP contribution in [0.2, 0.25) is 5.02 Å². The fourth-order valence-corrected chi connectivity index (χ4v) is 3.48. The van der Waals surface area contributed by atoms with Gasteiger partial charge < -0.3 is 19.5 Å². The second-order valence-electron chi connectivity index (χ2n) is 7.16. The van der Waals surface area contributed by atoms with Gasteiger partial charge in [-0.3, -0.25) is 4.90 Å². The Morgan fingerprint density at radius 2 is 1.96 bits per heavy atom. The molecule has 0 amide bonds. The third-order valence-corrected chi connectivity index (χ3v) is 4.97. The van der Waals surface area contributed by atoms with Crippen LogP contribution in [0.1, 0.15) is 31.2 Å². The first-order valence-corrected chi connectivity index (χ1v) is 9.95. The lowest BCUT2D eigenvalue weighted by Gasteiger charge is -2.24. The van der Waals surface area contributed by atoms with Crippen molar-refractivity contribution >= 4 is 11.6 Å². The summed E-state index contributed by atoms with van der Waals surface area (Å²) >= 11 is 6.16. The van der Waals surface area contributed by atoms with Gasteiger partial charge in [-0.1, -0.05) is 24.4 Å². The largest absolute Gasteiger partial charge is 0.491 e. The first-order valence-electron chi connectivity index (χ1n) is 9.57. The van der Waals surface area contributed by atoms with Crippen molar-refractivity contribution in [2.24, 2.45) is 0 Å². The SMILES string of the molecule is COCCN(C)Cc1cc(Cl)ccc1OC[C@@H](O)CN1CCCCCC1. The number of nitrogens with zero attached hydrogens (tertiary/aromatic N) is 2. The third-order valence-electron chi connectivity index (χ3n) is 4.74. The molecule has 2 rings (SSSR count).